The van der Waals surface area contributed by atoms with Crippen LogP contribution in [0.25, 0.3) is 22.2 Å². The van der Waals surface area contributed by atoms with Gasteiger partial charge in [0.05, 0.1) is 23.8 Å². The molecule has 3 N–H and O–H groups in total. The monoisotopic (exact) mass is 252 g/mol. The van der Waals surface area contributed by atoms with Crippen LogP contribution in [0.1, 0.15) is 17.0 Å². The highest BCUT2D eigenvalue weighted by atomic mass is 14.8. The number of rotatable bonds is 2. The highest BCUT2D eigenvalue weighted by Gasteiger charge is 2.12. The summed E-state index contributed by atoms with van der Waals surface area (Å²) in [6.07, 6.45) is 3.53. The van der Waals surface area contributed by atoms with E-state index in [2.05, 4.69) is 47.0 Å². The number of aromatic amines is 1. The third-order valence-electron chi connectivity index (χ3n) is 3.40. The zero-order chi connectivity index (χ0) is 13.4. The van der Waals surface area contributed by atoms with E-state index in [4.69, 9.17) is 5.73 Å². The summed E-state index contributed by atoms with van der Waals surface area (Å²) in [6.45, 7) is 4.58. The van der Waals surface area contributed by atoms with Crippen LogP contribution in [-0.2, 0) is 6.54 Å². The number of nitrogens with two attached hydrogens (primary N) is 1. The van der Waals surface area contributed by atoms with Gasteiger partial charge in [-0.05, 0) is 19.4 Å². The maximum atomic E-state index is 5.55. The molecule has 0 saturated heterocycles. The van der Waals surface area contributed by atoms with Crippen LogP contribution in [0.2, 0.25) is 0 Å². The Kier molecular flexibility index (Phi) is 2.80. The minimum absolute atomic E-state index is 0.416. The Hall–Kier alpha value is -2.20. The fourth-order valence-electron chi connectivity index (χ4n) is 2.41. The molecular weight excluding hydrogens is 236 g/mol. The fourth-order valence-corrected chi connectivity index (χ4v) is 2.41. The Morgan fingerprint density at radius 3 is 2.68 bits per heavy atom. The predicted molar refractivity (Wildman–Crippen MR) is 76.7 cm³/mol. The highest BCUT2D eigenvalue weighted by Crippen LogP contribution is 2.31. The molecule has 2 aromatic heterocycles. The Labute approximate surface area is 111 Å². The third-order valence-corrected chi connectivity index (χ3v) is 3.40. The quantitative estimate of drug-likeness (QED) is 0.736. The van der Waals surface area contributed by atoms with Gasteiger partial charge in [-0.15, -0.1) is 0 Å². The molecule has 4 heteroatoms. The van der Waals surface area contributed by atoms with E-state index in [1.807, 2.05) is 0 Å². The van der Waals surface area contributed by atoms with Gasteiger partial charge >= 0.3 is 0 Å². The van der Waals surface area contributed by atoms with E-state index in [9.17, 15) is 0 Å². The summed E-state index contributed by atoms with van der Waals surface area (Å²) in [5.41, 5.74) is 11.9. The van der Waals surface area contributed by atoms with Crippen molar-refractivity contribution in [1.82, 2.24) is 15.0 Å². The number of nitrogens with zero attached hydrogens (tertiary/aromatic N) is 2. The molecular formula is C15H16N4. The smallest absolute Gasteiger partial charge is 0.0909 e. The van der Waals surface area contributed by atoms with E-state index in [1.54, 1.807) is 12.4 Å². The second-order valence-electron chi connectivity index (χ2n) is 4.72. The second kappa shape index (κ2) is 4.48. The number of benzene rings is 1. The van der Waals surface area contributed by atoms with Crippen LogP contribution in [0, 0.1) is 13.8 Å². The number of nitrogens with one attached hydrogen (secondary N) is 1. The lowest BCUT2D eigenvalue weighted by Crippen LogP contribution is -2.00. The van der Waals surface area contributed by atoms with Crippen LogP contribution < -0.4 is 5.73 Å². The summed E-state index contributed by atoms with van der Waals surface area (Å²) in [5.74, 6) is 0. The summed E-state index contributed by atoms with van der Waals surface area (Å²) in [6, 6.07) is 6.28. The summed E-state index contributed by atoms with van der Waals surface area (Å²) in [4.78, 5) is 12.2. The molecule has 0 fully saturated rings. The van der Waals surface area contributed by atoms with Gasteiger partial charge in [0.15, 0.2) is 0 Å². The Morgan fingerprint density at radius 1 is 1.16 bits per heavy atom. The SMILES string of the molecule is Cc1[nH]c2c(C)cccc2c1-c1cnc(CN)cn1. The van der Waals surface area contributed by atoms with Crippen molar-refractivity contribution in [2.75, 3.05) is 0 Å². The number of aryl methyl sites for hydroxylation is 2. The van der Waals surface area contributed by atoms with Crippen molar-refractivity contribution in [3.05, 3.63) is 47.5 Å². The summed E-state index contributed by atoms with van der Waals surface area (Å²) < 4.78 is 0. The van der Waals surface area contributed by atoms with Gasteiger partial charge in [-0.25, -0.2) is 0 Å². The van der Waals surface area contributed by atoms with Crippen molar-refractivity contribution in [2.45, 2.75) is 20.4 Å². The Balaban J connectivity index is 2.23. The van der Waals surface area contributed by atoms with Crippen LogP contribution in [0.3, 0.4) is 0 Å². The normalized spacial score (nSPS) is 11.1. The average Bonchev–Trinajstić information content (AvgIpc) is 2.77. The maximum Gasteiger partial charge on any atom is 0.0909 e. The first kappa shape index (κ1) is 11.9. The van der Waals surface area contributed by atoms with Crippen molar-refractivity contribution < 1.29 is 0 Å². The van der Waals surface area contributed by atoms with Crippen molar-refractivity contribution in [2.24, 2.45) is 5.73 Å². The van der Waals surface area contributed by atoms with Gasteiger partial charge < -0.3 is 10.7 Å². The number of aromatic nitrogens is 3. The predicted octanol–water partition coefficient (Wildman–Crippen LogP) is 2.70. The molecule has 0 unspecified atom stereocenters. The first-order chi connectivity index (χ1) is 9.20. The van der Waals surface area contributed by atoms with Gasteiger partial charge in [0.25, 0.3) is 0 Å². The van der Waals surface area contributed by atoms with Gasteiger partial charge in [-0.2, -0.15) is 0 Å². The molecule has 0 amide bonds. The second-order valence-corrected chi connectivity index (χ2v) is 4.72. The molecule has 0 aliphatic carbocycles. The fraction of sp³-hybridized carbons (Fsp3) is 0.200. The first-order valence-electron chi connectivity index (χ1n) is 6.30. The molecule has 0 bridgehead atoms. The molecule has 4 nitrogen and oxygen atoms in total. The Morgan fingerprint density at radius 2 is 2.00 bits per heavy atom. The van der Waals surface area contributed by atoms with E-state index in [-0.39, 0.29) is 0 Å². The number of hydrogen-bond acceptors (Lipinski definition) is 3. The molecule has 0 radical (unpaired) electrons. The van der Waals surface area contributed by atoms with Crippen LogP contribution in [0.4, 0.5) is 0 Å². The van der Waals surface area contributed by atoms with Gasteiger partial charge in [0, 0.05) is 28.7 Å². The molecule has 3 aromatic rings. The van der Waals surface area contributed by atoms with Gasteiger partial charge in [-0.3, -0.25) is 9.97 Å². The molecule has 96 valence electrons. The highest BCUT2D eigenvalue weighted by molar-refractivity contribution is 5.97. The summed E-state index contributed by atoms with van der Waals surface area (Å²) >= 11 is 0. The van der Waals surface area contributed by atoms with Crippen molar-refractivity contribution in [1.29, 1.82) is 0 Å². The lowest BCUT2D eigenvalue weighted by molar-refractivity contribution is 0.966. The van der Waals surface area contributed by atoms with E-state index >= 15 is 0 Å². The van der Waals surface area contributed by atoms with E-state index in [1.165, 1.54) is 16.5 Å². The molecule has 19 heavy (non-hydrogen) atoms. The molecule has 2 heterocycles. The topological polar surface area (TPSA) is 67.6 Å². The number of para-hydroxylation sites is 1. The van der Waals surface area contributed by atoms with Gasteiger partial charge in [0.2, 0.25) is 0 Å². The minimum Gasteiger partial charge on any atom is -0.358 e. The van der Waals surface area contributed by atoms with Crippen LogP contribution in [0.5, 0.6) is 0 Å². The molecule has 0 atom stereocenters. The lowest BCUT2D eigenvalue weighted by Gasteiger charge is -2.02. The molecule has 1 aromatic carbocycles. The van der Waals surface area contributed by atoms with Crippen LogP contribution in [0.15, 0.2) is 30.6 Å². The van der Waals surface area contributed by atoms with Crippen LogP contribution >= 0.6 is 0 Å². The first-order valence-corrected chi connectivity index (χ1v) is 6.30. The van der Waals surface area contributed by atoms with Crippen LogP contribution in [-0.4, -0.2) is 15.0 Å². The molecule has 0 saturated carbocycles. The summed E-state index contributed by atoms with van der Waals surface area (Å²) in [7, 11) is 0. The molecule has 0 aliphatic rings. The molecule has 3 rings (SSSR count). The van der Waals surface area contributed by atoms with E-state index in [0.717, 1.165) is 22.6 Å². The summed E-state index contributed by atoms with van der Waals surface area (Å²) in [5, 5.41) is 1.19. The molecule has 0 aliphatic heterocycles. The van der Waals surface area contributed by atoms with Crippen molar-refractivity contribution >= 4 is 10.9 Å². The van der Waals surface area contributed by atoms with Crippen molar-refractivity contribution in [3.63, 3.8) is 0 Å². The van der Waals surface area contributed by atoms with Gasteiger partial charge in [0.1, 0.15) is 0 Å². The number of hydrogen-bond donors (Lipinski definition) is 2. The maximum absolute atomic E-state index is 5.55. The van der Waals surface area contributed by atoms with E-state index < -0.39 is 0 Å². The zero-order valence-corrected chi connectivity index (χ0v) is 11.1. The van der Waals surface area contributed by atoms with E-state index in [0.29, 0.717) is 6.54 Å². The standard InChI is InChI=1S/C15H16N4/c1-9-4-3-5-12-14(10(2)19-15(9)12)13-8-17-11(6-16)7-18-13/h3-5,7-8,19H,6,16H2,1-2H3. The Bertz CT molecular complexity index is 726. The number of fused-ring (bicyclic) bond motifs is 1. The lowest BCUT2D eigenvalue weighted by atomic mass is 10.1. The largest absolute Gasteiger partial charge is 0.358 e. The average molecular weight is 252 g/mol. The molecule has 0 spiro atoms. The van der Waals surface area contributed by atoms with Gasteiger partial charge in [-0.1, -0.05) is 18.2 Å². The minimum atomic E-state index is 0.416. The third kappa shape index (κ3) is 1.90. The van der Waals surface area contributed by atoms with Crippen molar-refractivity contribution in [3.8, 4) is 11.3 Å². The zero-order valence-electron chi connectivity index (χ0n) is 11.1. The number of H-pyrrole nitrogens is 1.